The number of aromatic nitrogens is 3. The first-order chi connectivity index (χ1) is 16.3. The number of benzene rings is 2. The van der Waals surface area contributed by atoms with Gasteiger partial charge in [-0.25, -0.2) is 0 Å². The second-order valence-corrected chi connectivity index (χ2v) is 9.44. The number of carbonyl (C=O) groups excluding carboxylic acids is 1. The van der Waals surface area contributed by atoms with Crippen molar-refractivity contribution in [1.29, 1.82) is 0 Å². The summed E-state index contributed by atoms with van der Waals surface area (Å²) in [5.41, 5.74) is 2.46. The predicted octanol–water partition coefficient (Wildman–Crippen LogP) is 6.75. The molecule has 34 heavy (non-hydrogen) atoms. The van der Waals surface area contributed by atoms with E-state index in [0.29, 0.717) is 17.5 Å². The highest BCUT2D eigenvalue weighted by Crippen LogP contribution is 2.39. The number of hydrogen-bond acceptors (Lipinski definition) is 5. The molecule has 0 fully saturated rings. The Bertz CT molecular complexity index is 1300. The van der Waals surface area contributed by atoms with Crippen LogP contribution in [0.3, 0.4) is 0 Å². The highest BCUT2D eigenvalue weighted by Gasteiger charge is 2.30. The van der Waals surface area contributed by atoms with Crippen LogP contribution >= 0.6 is 23.1 Å². The van der Waals surface area contributed by atoms with Crippen LogP contribution in [0.25, 0.3) is 22.5 Å². The van der Waals surface area contributed by atoms with Gasteiger partial charge in [0.1, 0.15) is 0 Å². The lowest BCUT2D eigenvalue weighted by Gasteiger charge is -2.10. The van der Waals surface area contributed by atoms with Gasteiger partial charge in [-0.05, 0) is 37.6 Å². The molecule has 0 aliphatic carbocycles. The van der Waals surface area contributed by atoms with Gasteiger partial charge in [0.05, 0.1) is 11.3 Å². The second-order valence-electron chi connectivity index (χ2n) is 7.41. The summed E-state index contributed by atoms with van der Waals surface area (Å²) in [5, 5.41) is 13.8. The third-order valence-corrected chi connectivity index (χ3v) is 7.00. The monoisotopic (exact) mass is 502 g/mol. The first-order valence-electron chi connectivity index (χ1n) is 10.4. The van der Waals surface area contributed by atoms with Crippen LogP contribution in [0.15, 0.2) is 65.1 Å². The number of carbonyl (C=O) groups is 1. The van der Waals surface area contributed by atoms with Crippen LogP contribution in [0.4, 0.5) is 18.9 Å². The van der Waals surface area contributed by atoms with Crippen molar-refractivity contribution < 1.29 is 18.0 Å². The van der Waals surface area contributed by atoms with Crippen molar-refractivity contribution in [3.63, 3.8) is 0 Å². The molecule has 2 heterocycles. The Balaban J connectivity index is 1.51. The van der Waals surface area contributed by atoms with Crippen molar-refractivity contribution in [3.05, 3.63) is 70.4 Å². The Kier molecular flexibility index (Phi) is 7.08. The van der Waals surface area contributed by atoms with Gasteiger partial charge in [-0.2, -0.15) is 13.2 Å². The van der Waals surface area contributed by atoms with Crippen molar-refractivity contribution in [2.45, 2.75) is 31.7 Å². The molecule has 0 radical (unpaired) electrons. The number of thioether (sulfide) groups is 1. The van der Waals surface area contributed by atoms with Gasteiger partial charge in [-0.1, -0.05) is 48.2 Å². The van der Waals surface area contributed by atoms with Gasteiger partial charge in [-0.15, -0.1) is 21.5 Å². The molecule has 4 aromatic rings. The van der Waals surface area contributed by atoms with Gasteiger partial charge in [0.25, 0.3) is 0 Å². The molecule has 0 saturated carbocycles. The van der Waals surface area contributed by atoms with Crippen molar-refractivity contribution in [2.24, 2.45) is 0 Å². The summed E-state index contributed by atoms with van der Waals surface area (Å²) in [4.78, 5) is 13.6. The lowest BCUT2D eigenvalue weighted by atomic mass is 10.0. The van der Waals surface area contributed by atoms with Crippen LogP contribution in [-0.2, 0) is 17.5 Å². The van der Waals surface area contributed by atoms with E-state index in [1.54, 1.807) is 11.3 Å². The minimum Gasteiger partial charge on any atom is -0.325 e. The number of anilines is 1. The molecule has 0 unspecified atom stereocenters. The van der Waals surface area contributed by atoms with Crippen LogP contribution in [0.5, 0.6) is 0 Å². The minimum absolute atomic E-state index is 0.0113. The van der Waals surface area contributed by atoms with Gasteiger partial charge < -0.3 is 9.88 Å². The maximum absolute atomic E-state index is 12.9. The molecule has 1 N–H and O–H groups in total. The fourth-order valence-corrected chi connectivity index (χ4v) is 5.23. The van der Waals surface area contributed by atoms with E-state index in [0.717, 1.165) is 28.8 Å². The normalized spacial score (nSPS) is 11.6. The zero-order valence-corrected chi connectivity index (χ0v) is 20.0. The van der Waals surface area contributed by atoms with Crippen LogP contribution in [0.2, 0.25) is 0 Å². The molecule has 5 nitrogen and oxygen atoms in total. The average Bonchev–Trinajstić information content (AvgIpc) is 3.40. The highest BCUT2D eigenvalue weighted by molar-refractivity contribution is 7.99. The summed E-state index contributed by atoms with van der Waals surface area (Å²) >= 11 is 2.83. The van der Waals surface area contributed by atoms with Crippen LogP contribution in [0, 0.1) is 6.92 Å². The summed E-state index contributed by atoms with van der Waals surface area (Å²) in [6.45, 7) is 4.64. The van der Waals surface area contributed by atoms with Crippen LogP contribution < -0.4 is 5.32 Å². The molecule has 0 atom stereocenters. The molecule has 0 aliphatic rings. The Labute approximate surface area is 203 Å². The van der Waals surface area contributed by atoms with Crippen molar-refractivity contribution in [3.8, 4) is 22.5 Å². The molecule has 0 aliphatic heterocycles. The maximum atomic E-state index is 12.9. The van der Waals surface area contributed by atoms with Crippen LogP contribution in [-0.4, -0.2) is 26.4 Å². The lowest BCUT2D eigenvalue weighted by Crippen LogP contribution is -2.15. The topological polar surface area (TPSA) is 59.8 Å². The number of aryl methyl sites for hydroxylation is 1. The van der Waals surface area contributed by atoms with Crippen molar-refractivity contribution in [2.75, 3.05) is 11.1 Å². The number of rotatable bonds is 7. The fraction of sp³-hybridized carbons (Fsp3) is 0.208. The van der Waals surface area contributed by atoms with E-state index in [4.69, 9.17) is 0 Å². The summed E-state index contributed by atoms with van der Waals surface area (Å²) in [6, 6.07) is 14.6. The quantitative estimate of drug-likeness (QED) is 0.284. The lowest BCUT2D eigenvalue weighted by molar-refractivity contribution is -0.137. The molecule has 0 bridgehead atoms. The number of alkyl halides is 3. The smallest absolute Gasteiger partial charge is 0.325 e. The Hall–Kier alpha value is -3.11. The van der Waals surface area contributed by atoms with Gasteiger partial charge in [0.15, 0.2) is 11.0 Å². The third-order valence-electron chi connectivity index (χ3n) is 5.12. The molecule has 0 spiro atoms. The van der Waals surface area contributed by atoms with E-state index in [9.17, 15) is 18.0 Å². The number of nitrogens with zero attached hydrogens (tertiary/aromatic N) is 3. The molecule has 2 aromatic carbocycles. The summed E-state index contributed by atoms with van der Waals surface area (Å²) in [7, 11) is 0. The largest absolute Gasteiger partial charge is 0.416 e. The van der Waals surface area contributed by atoms with E-state index >= 15 is 0 Å². The van der Waals surface area contributed by atoms with Crippen LogP contribution in [0.1, 0.15) is 17.4 Å². The summed E-state index contributed by atoms with van der Waals surface area (Å²) in [5.74, 6) is 0.280. The van der Waals surface area contributed by atoms with Crippen molar-refractivity contribution >= 4 is 34.7 Å². The van der Waals surface area contributed by atoms with E-state index in [1.807, 2.05) is 29.7 Å². The molecular weight excluding hydrogens is 481 g/mol. The molecule has 2 aromatic heterocycles. The van der Waals surface area contributed by atoms with Gasteiger partial charge in [0.2, 0.25) is 5.91 Å². The van der Waals surface area contributed by atoms with E-state index in [2.05, 4.69) is 40.0 Å². The predicted molar refractivity (Wildman–Crippen MR) is 130 cm³/mol. The SMILES string of the molecule is CCn1c(SCC(=O)Nc2cccc(C(F)(F)F)c2)nnc1-c1csc(C)c1-c1ccccc1. The molecule has 10 heteroatoms. The Morgan fingerprint density at radius 1 is 1.12 bits per heavy atom. The molecule has 4 rings (SSSR count). The first kappa shape index (κ1) is 24.0. The van der Waals surface area contributed by atoms with Gasteiger partial charge in [-0.3, -0.25) is 4.79 Å². The first-order valence-corrected chi connectivity index (χ1v) is 12.3. The molecule has 0 saturated heterocycles. The third kappa shape index (κ3) is 5.18. The average molecular weight is 503 g/mol. The number of halogens is 3. The zero-order valence-electron chi connectivity index (χ0n) is 18.4. The second kappa shape index (κ2) is 10.0. The van der Waals surface area contributed by atoms with Crippen molar-refractivity contribution in [1.82, 2.24) is 14.8 Å². The number of thiophene rings is 1. The Morgan fingerprint density at radius 3 is 2.59 bits per heavy atom. The van der Waals surface area contributed by atoms with Gasteiger partial charge >= 0.3 is 6.18 Å². The minimum atomic E-state index is -4.47. The number of hydrogen-bond donors (Lipinski definition) is 1. The molecular formula is C24H21F3N4OS2. The Morgan fingerprint density at radius 2 is 1.88 bits per heavy atom. The molecule has 176 valence electrons. The maximum Gasteiger partial charge on any atom is 0.416 e. The van der Waals surface area contributed by atoms with E-state index in [-0.39, 0.29) is 11.4 Å². The van der Waals surface area contributed by atoms with E-state index < -0.39 is 17.6 Å². The summed E-state index contributed by atoms with van der Waals surface area (Å²) < 4.78 is 40.7. The molecule has 1 amide bonds. The standard InChI is InChI=1S/C24H21F3N4OS2/c1-3-31-22(19-13-33-15(2)21(19)16-8-5-4-6-9-16)29-30-23(31)34-14-20(32)28-18-11-7-10-17(12-18)24(25,26)27/h4-13H,3,14H2,1-2H3,(H,28,32). The number of nitrogens with one attached hydrogen (secondary N) is 1. The van der Waals surface area contributed by atoms with E-state index in [1.165, 1.54) is 28.8 Å². The highest BCUT2D eigenvalue weighted by atomic mass is 32.2. The summed E-state index contributed by atoms with van der Waals surface area (Å²) in [6.07, 6.45) is -4.47. The fourth-order valence-electron chi connectivity index (χ4n) is 3.56. The zero-order chi connectivity index (χ0) is 24.3. The van der Waals surface area contributed by atoms with Gasteiger partial charge in [0, 0.05) is 33.6 Å². The number of amides is 1.